The molecule has 4 heteroatoms. The zero-order valence-corrected chi connectivity index (χ0v) is 5.42. The average molecular weight is 132 g/mol. The maximum Gasteiger partial charge on any atom is 0.309 e. The molecule has 0 radical (unpaired) electrons. The van der Waals surface area contributed by atoms with E-state index >= 15 is 0 Å². The number of hydrogen-bond donors (Lipinski definition) is 3. The molecule has 5 N–H and O–H groups in total. The Balaban J connectivity index is 0. The van der Waals surface area contributed by atoms with Gasteiger partial charge >= 0.3 is 6.03 Å². The summed E-state index contributed by atoms with van der Waals surface area (Å²) >= 11 is 0. The molecule has 0 atom stereocenters. The Morgan fingerprint density at radius 3 is 1.78 bits per heavy atom. The fraction of sp³-hybridized carbons (Fsp3) is 0.400. The van der Waals surface area contributed by atoms with E-state index in [4.69, 9.17) is 9.90 Å². The van der Waals surface area contributed by atoms with Gasteiger partial charge in [0.05, 0.1) is 5.76 Å². The van der Waals surface area contributed by atoms with Crippen molar-refractivity contribution in [2.45, 2.75) is 13.3 Å². The first-order chi connectivity index (χ1) is 4.00. The Labute approximate surface area is 54.2 Å². The SMILES string of the molecule is C=C(O)CC.NC(N)=O. The van der Waals surface area contributed by atoms with E-state index in [2.05, 4.69) is 18.0 Å². The van der Waals surface area contributed by atoms with Crippen LogP contribution in [-0.4, -0.2) is 11.1 Å². The van der Waals surface area contributed by atoms with Crippen LogP contribution >= 0.6 is 0 Å². The monoisotopic (exact) mass is 132 g/mol. The molecule has 0 rings (SSSR count). The van der Waals surface area contributed by atoms with E-state index in [9.17, 15) is 0 Å². The van der Waals surface area contributed by atoms with Crippen LogP contribution in [0.2, 0.25) is 0 Å². The van der Waals surface area contributed by atoms with Gasteiger partial charge in [-0.1, -0.05) is 13.5 Å². The van der Waals surface area contributed by atoms with Crippen molar-refractivity contribution in [3.05, 3.63) is 12.3 Å². The fourth-order valence-electron chi connectivity index (χ4n) is 0. The maximum absolute atomic E-state index is 9.00. The highest BCUT2D eigenvalue weighted by Gasteiger charge is 1.70. The van der Waals surface area contributed by atoms with Gasteiger partial charge in [-0.05, 0) is 0 Å². The van der Waals surface area contributed by atoms with Crippen LogP contribution < -0.4 is 11.5 Å². The number of allylic oxidation sites excluding steroid dienone is 1. The van der Waals surface area contributed by atoms with Gasteiger partial charge in [0.1, 0.15) is 0 Å². The topological polar surface area (TPSA) is 89.3 Å². The number of nitrogens with two attached hydrogens (primary N) is 2. The van der Waals surface area contributed by atoms with Gasteiger partial charge in [0, 0.05) is 6.42 Å². The minimum absolute atomic E-state index is 0.255. The quantitative estimate of drug-likeness (QED) is 0.453. The smallest absolute Gasteiger partial charge is 0.309 e. The second-order valence-corrected chi connectivity index (χ2v) is 1.32. The number of carbonyl (C=O) groups is 1. The first-order valence-corrected chi connectivity index (χ1v) is 2.42. The second kappa shape index (κ2) is 6.81. The molecule has 0 aliphatic carbocycles. The first kappa shape index (κ1) is 10.7. The molecule has 0 spiro atoms. The molecule has 0 heterocycles. The standard InChI is InChI=1S/C4H8O.CH4N2O/c1-3-4(2)5;2-1(3)4/h5H,2-3H2,1H3;(H4,2,3,4). The summed E-state index contributed by atoms with van der Waals surface area (Å²) < 4.78 is 0. The minimum atomic E-state index is -0.833. The highest BCUT2D eigenvalue weighted by molar-refractivity contribution is 5.69. The summed E-state index contributed by atoms with van der Waals surface area (Å²) in [5, 5.41) is 8.17. The summed E-state index contributed by atoms with van der Waals surface area (Å²) in [5.41, 5.74) is 8.50. The molecule has 0 saturated heterocycles. The van der Waals surface area contributed by atoms with Crippen molar-refractivity contribution in [2.75, 3.05) is 0 Å². The Morgan fingerprint density at radius 1 is 1.67 bits per heavy atom. The van der Waals surface area contributed by atoms with E-state index < -0.39 is 6.03 Å². The van der Waals surface area contributed by atoms with Crippen LogP contribution in [0.25, 0.3) is 0 Å². The molecule has 0 unspecified atom stereocenters. The van der Waals surface area contributed by atoms with Gasteiger partial charge in [-0.25, -0.2) is 4.79 Å². The lowest BCUT2D eigenvalue weighted by Crippen LogP contribution is -2.18. The van der Waals surface area contributed by atoms with Gasteiger partial charge in [-0.3, -0.25) is 0 Å². The first-order valence-electron chi connectivity index (χ1n) is 2.42. The van der Waals surface area contributed by atoms with Gasteiger partial charge in [0.25, 0.3) is 0 Å². The molecule has 0 aromatic rings. The molecule has 0 bridgehead atoms. The van der Waals surface area contributed by atoms with Crippen molar-refractivity contribution in [1.29, 1.82) is 0 Å². The largest absolute Gasteiger partial charge is 0.513 e. The van der Waals surface area contributed by atoms with Crippen LogP contribution in [0, 0.1) is 0 Å². The van der Waals surface area contributed by atoms with Crippen LogP contribution in [0.4, 0.5) is 4.79 Å². The zero-order chi connectivity index (χ0) is 7.86. The fourth-order valence-corrected chi connectivity index (χ4v) is 0. The lowest BCUT2D eigenvalue weighted by atomic mass is 10.4. The number of primary amides is 2. The van der Waals surface area contributed by atoms with Gasteiger partial charge in [-0.15, -0.1) is 0 Å². The van der Waals surface area contributed by atoms with Gasteiger partial charge < -0.3 is 16.6 Å². The van der Waals surface area contributed by atoms with Crippen molar-refractivity contribution < 1.29 is 9.90 Å². The van der Waals surface area contributed by atoms with Crippen molar-refractivity contribution in [2.24, 2.45) is 11.5 Å². The highest BCUT2D eigenvalue weighted by Crippen LogP contribution is 1.84. The molecule has 0 aromatic carbocycles. The van der Waals surface area contributed by atoms with Crippen LogP contribution in [-0.2, 0) is 0 Å². The molecule has 4 nitrogen and oxygen atoms in total. The number of aliphatic hydroxyl groups excluding tert-OH is 1. The third-order valence-corrected chi connectivity index (χ3v) is 0.408. The van der Waals surface area contributed by atoms with Crippen LogP contribution in [0.3, 0.4) is 0 Å². The normalized spacial score (nSPS) is 6.78. The summed E-state index contributed by atoms with van der Waals surface area (Å²) in [6, 6.07) is -0.833. The van der Waals surface area contributed by atoms with Crippen molar-refractivity contribution >= 4 is 6.03 Å². The van der Waals surface area contributed by atoms with Crippen molar-refractivity contribution in [3.8, 4) is 0 Å². The molecule has 0 aliphatic rings. The van der Waals surface area contributed by atoms with Crippen LogP contribution in [0.5, 0.6) is 0 Å². The second-order valence-electron chi connectivity index (χ2n) is 1.32. The molecule has 2 amide bonds. The Morgan fingerprint density at radius 2 is 1.78 bits per heavy atom. The molecule has 54 valence electrons. The lowest BCUT2D eigenvalue weighted by Gasteiger charge is -1.80. The molecule has 9 heavy (non-hydrogen) atoms. The molecule has 0 aromatic heterocycles. The van der Waals surface area contributed by atoms with Crippen LogP contribution in [0.15, 0.2) is 12.3 Å². The van der Waals surface area contributed by atoms with E-state index in [1.54, 1.807) is 0 Å². The van der Waals surface area contributed by atoms with Gasteiger partial charge in [0.2, 0.25) is 0 Å². The maximum atomic E-state index is 9.00. The Bertz CT molecular complexity index is 97.1. The van der Waals surface area contributed by atoms with Crippen molar-refractivity contribution in [1.82, 2.24) is 0 Å². The number of rotatable bonds is 1. The highest BCUT2D eigenvalue weighted by atomic mass is 16.3. The molecular weight excluding hydrogens is 120 g/mol. The Hall–Kier alpha value is -1.19. The summed E-state index contributed by atoms with van der Waals surface area (Å²) in [7, 11) is 0. The van der Waals surface area contributed by atoms with E-state index in [0.717, 1.165) is 0 Å². The summed E-state index contributed by atoms with van der Waals surface area (Å²) in [4.78, 5) is 9.00. The minimum Gasteiger partial charge on any atom is -0.513 e. The number of hydrogen-bond acceptors (Lipinski definition) is 2. The van der Waals surface area contributed by atoms with Crippen LogP contribution in [0.1, 0.15) is 13.3 Å². The average Bonchev–Trinajstić information content (AvgIpc) is 1.65. The predicted molar refractivity (Wildman–Crippen MR) is 35.8 cm³/mol. The molecule has 0 saturated carbocycles. The summed E-state index contributed by atoms with van der Waals surface area (Å²) in [6.07, 6.45) is 0.667. The molecule has 0 aliphatic heterocycles. The molecular formula is C5H12N2O2. The number of urea groups is 1. The Kier molecular flexibility index (Phi) is 8.12. The predicted octanol–water partition coefficient (Wildman–Crippen LogP) is 0.492. The number of aliphatic hydroxyl groups is 1. The van der Waals surface area contributed by atoms with E-state index in [-0.39, 0.29) is 5.76 Å². The number of carbonyl (C=O) groups excluding carboxylic acids is 1. The summed E-state index contributed by atoms with van der Waals surface area (Å²) in [5.74, 6) is 0.255. The third kappa shape index (κ3) is 240. The van der Waals surface area contributed by atoms with Gasteiger partial charge in [-0.2, -0.15) is 0 Å². The van der Waals surface area contributed by atoms with E-state index in [1.165, 1.54) is 0 Å². The third-order valence-electron chi connectivity index (χ3n) is 0.408. The zero-order valence-electron chi connectivity index (χ0n) is 5.42. The van der Waals surface area contributed by atoms with Gasteiger partial charge in [0.15, 0.2) is 0 Å². The lowest BCUT2D eigenvalue weighted by molar-refractivity contribution is 0.256. The van der Waals surface area contributed by atoms with Crippen molar-refractivity contribution in [3.63, 3.8) is 0 Å². The van der Waals surface area contributed by atoms with E-state index in [0.29, 0.717) is 6.42 Å². The van der Waals surface area contributed by atoms with E-state index in [1.807, 2.05) is 6.92 Å². The summed E-state index contributed by atoms with van der Waals surface area (Å²) in [6.45, 7) is 5.08. The molecule has 0 fully saturated rings. The number of amides is 2.